The van der Waals surface area contributed by atoms with Crippen molar-refractivity contribution in [3.8, 4) is 0 Å². The number of Topliss-reactive ketones (excluding diaryl/α,β-unsaturated/α-hetero) is 1. The fraction of sp³-hybridized carbons (Fsp3) is 0.231. The van der Waals surface area contributed by atoms with Crippen LogP contribution in [-0.4, -0.2) is 27.3 Å². The van der Waals surface area contributed by atoms with E-state index in [1.807, 2.05) is 0 Å². The van der Waals surface area contributed by atoms with Gasteiger partial charge in [-0.25, -0.2) is 4.39 Å². The maximum atomic E-state index is 12.8. The van der Waals surface area contributed by atoms with Crippen molar-refractivity contribution >= 4 is 23.2 Å². The smallest absolute Gasteiger partial charge is 0.272 e. The highest BCUT2D eigenvalue weighted by molar-refractivity contribution is 7.03. The van der Waals surface area contributed by atoms with Gasteiger partial charge in [0.2, 0.25) is 0 Å². The van der Waals surface area contributed by atoms with Crippen molar-refractivity contribution < 1.29 is 14.0 Å². The minimum absolute atomic E-state index is 0.134. The van der Waals surface area contributed by atoms with Gasteiger partial charge in [-0.1, -0.05) is 4.49 Å². The first-order valence-corrected chi connectivity index (χ1v) is 6.76. The Morgan fingerprint density at radius 3 is 2.65 bits per heavy atom. The van der Waals surface area contributed by atoms with Gasteiger partial charge in [0.25, 0.3) is 5.91 Å². The second-order valence-corrected chi connectivity index (χ2v) is 4.91. The molecule has 0 saturated carbocycles. The molecule has 1 amide bonds. The molecule has 5 nitrogen and oxygen atoms in total. The predicted molar refractivity (Wildman–Crippen MR) is 72.2 cm³/mol. The molecule has 0 aliphatic heterocycles. The highest BCUT2D eigenvalue weighted by Gasteiger charge is 2.16. The van der Waals surface area contributed by atoms with Crippen LogP contribution in [-0.2, 0) is 0 Å². The number of nitrogens with one attached hydrogen (secondary N) is 1. The summed E-state index contributed by atoms with van der Waals surface area (Å²) in [7, 11) is 0. The Balaban J connectivity index is 1.91. The summed E-state index contributed by atoms with van der Waals surface area (Å²) in [5, 5.41) is 7.84. The van der Waals surface area contributed by atoms with E-state index in [0.29, 0.717) is 5.56 Å². The summed E-state index contributed by atoms with van der Waals surface area (Å²) >= 11 is 1.08. The lowest BCUT2D eigenvalue weighted by Gasteiger charge is -2.12. The molecular weight excluding hydrogens is 281 g/mol. The summed E-state index contributed by atoms with van der Waals surface area (Å²) in [4.78, 5) is 23.6. The predicted octanol–water partition coefficient (Wildman–Crippen LogP) is 2.07. The third-order valence-electron chi connectivity index (χ3n) is 2.63. The molecule has 1 N–H and O–H groups in total. The van der Waals surface area contributed by atoms with Gasteiger partial charge in [-0.2, -0.15) is 0 Å². The maximum absolute atomic E-state index is 12.8. The van der Waals surface area contributed by atoms with E-state index < -0.39 is 0 Å². The van der Waals surface area contributed by atoms with Crippen molar-refractivity contribution in [2.24, 2.45) is 0 Å². The number of hydrogen-bond donors (Lipinski definition) is 1. The Morgan fingerprint density at radius 1 is 1.35 bits per heavy atom. The molecular formula is C13H12FN3O2S. The average molecular weight is 293 g/mol. The van der Waals surface area contributed by atoms with Crippen LogP contribution >= 0.6 is 11.5 Å². The highest BCUT2D eigenvalue weighted by atomic mass is 32.1. The van der Waals surface area contributed by atoms with Gasteiger partial charge in [0.05, 0.1) is 0 Å². The monoisotopic (exact) mass is 293 g/mol. The van der Waals surface area contributed by atoms with Gasteiger partial charge in [-0.05, 0) is 42.7 Å². The molecule has 2 aromatic rings. The second-order valence-electron chi connectivity index (χ2n) is 4.30. The van der Waals surface area contributed by atoms with Gasteiger partial charge in [0.15, 0.2) is 11.5 Å². The first-order valence-electron chi connectivity index (χ1n) is 5.93. The summed E-state index contributed by atoms with van der Waals surface area (Å²) < 4.78 is 16.4. The van der Waals surface area contributed by atoms with E-state index in [9.17, 15) is 14.0 Å². The zero-order valence-corrected chi connectivity index (χ0v) is 11.5. The largest absolute Gasteiger partial charge is 0.348 e. The Bertz CT molecular complexity index is 599. The van der Waals surface area contributed by atoms with E-state index in [2.05, 4.69) is 14.9 Å². The minimum Gasteiger partial charge on any atom is -0.348 e. The molecule has 0 fully saturated rings. The van der Waals surface area contributed by atoms with Crippen LogP contribution in [0.25, 0.3) is 0 Å². The summed E-state index contributed by atoms with van der Waals surface area (Å²) in [5.41, 5.74) is 0.652. The number of rotatable bonds is 5. The molecule has 0 aliphatic rings. The molecule has 1 atom stereocenters. The van der Waals surface area contributed by atoms with Crippen LogP contribution in [0.1, 0.15) is 34.2 Å². The Kier molecular flexibility index (Phi) is 4.52. The van der Waals surface area contributed by atoms with Crippen LogP contribution in [0, 0.1) is 5.82 Å². The van der Waals surface area contributed by atoms with Gasteiger partial charge < -0.3 is 5.32 Å². The molecule has 0 aliphatic carbocycles. The standard InChI is InChI=1S/C13H12FN3O2S/c1-8(15-13(19)11-7-20-17-16-11)6-12(18)9-2-4-10(14)5-3-9/h2-5,7-8H,6H2,1H3,(H,15,19)/t8-/m1/s1. The molecule has 0 radical (unpaired) electrons. The van der Waals surface area contributed by atoms with Gasteiger partial charge >= 0.3 is 0 Å². The van der Waals surface area contributed by atoms with Crippen molar-refractivity contribution in [3.63, 3.8) is 0 Å². The van der Waals surface area contributed by atoms with Crippen LogP contribution in [0.15, 0.2) is 29.6 Å². The Hall–Kier alpha value is -2.15. The number of carbonyl (C=O) groups is 2. The summed E-state index contributed by atoms with van der Waals surface area (Å²) in [5.74, 6) is -0.911. The number of halogens is 1. The number of carbonyl (C=O) groups excluding carboxylic acids is 2. The maximum Gasteiger partial charge on any atom is 0.272 e. The zero-order chi connectivity index (χ0) is 14.5. The molecule has 1 aromatic heterocycles. The van der Waals surface area contributed by atoms with Crippen molar-refractivity contribution in [1.82, 2.24) is 14.9 Å². The highest BCUT2D eigenvalue weighted by Crippen LogP contribution is 2.08. The molecule has 0 saturated heterocycles. The average Bonchev–Trinajstić information content (AvgIpc) is 2.93. The van der Waals surface area contributed by atoms with Crippen LogP contribution in [0.2, 0.25) is 0 Å². The van der Waals surface area contributed by atoms with Crippen LogP contribution < -0.4 is 5.32 Å². The molecule has 0 bridgehead atoms. The number of hydrogen-bond acceptors (Lipinski definition) is 5. The topological polar surface area (TPSA) is 72.0 Å². The minimum atomic E-state index is -0.390. The number of amides is 1. The first kappa shape index (κ1) is 14.3. The molecule has 7 heteroatoms. The molecule has 0 unspecified atom stereocenters. The lowest BCUT2D eigenvalue weighted by molar-refractivity contribution is 0.0914. The van der Waals surface area contributed by atoms with Crippen molar-refractivity contribution in [1.29, 1.82) is 0 Å². The van der Waals surface area contributed by atoms with Gasteiger partial charge in [0, 0.05) is 23.4 Å². The molecule has 104 valence electrons. The molecule has 1 aromatic carbocycles. The van der Waals surface area contributed by atoms with Gasteiger partial charge in [0.1, 0.15) is 5.82 Å². The SMILES string of the molecule is C[C@H](CC(=O)c1ccc(F)cc1)NC(=O)c1csnn1. The van der Waals surface area contributed by atoms with Gasteiger partial charge in [-0.3, -0.25) is 9.59 Å². The van der Waals surface area contributed by atoms with Crippen molar-refractivity contribution in [3.05, 3.63) is 46.7 Å². The lowest BCUT2D eigenvalue weighted by Crippen LogP contribution is -2.34. The third kappa shape index (κ3) is 3.67. The third-order valence-corrected chi connectivity index (χ3v) is 3.13. The summed E-state index contributed by atoms with van der Waals surface area (Å²) in [6.45, 7) is 1.72. The van der Waals surface area contributed by atoms with Crippen molar-refractivity contribution in [2.75, 3.05) is 0 Å². The quantitative estimate of drug-likeness (QED) is 0.857. The lowest BCUT2D eigenvalue weighted by atomic mass is 10.0. The molecule has 0 spiro atoms. The summed E-state index contributed by atoms with van der Waals surface area (Å²) in [6.07, 6.45) is 0.134. The van der Waals surface area contributed by atoms with E-state index in [4.69, 9.17) is 0 Å². The number of aromatic nitrogens is 2. The van der Waals surface area contributed by atoms with Crippen LogP contribution in [0.5, 0.6) is 0 Å². The van der Waals surface area contributed by atoms with E-state index in [0.717, 1.165) is 11.5 Å². The normalized spacial score (nSPS) is 11.9. The van der Waals surface area contributed by atoms with E-state index in [1.54, 1.807) is 6.92 Å². The fourth-order valence-electron chi connectivity index (χ4n) is 1.64. The Morgan fingerprint density at radius 2 is 2.05 bits per heavy atom. The van der Waals surface area contributed by atoms with Crippen LogP contribution in [0.3, 0.4) is 0 Å². The molecule has 2 rings (SSSR count). The van der Waals surface area contributed by atoms with E-state index >= 15 is 0 Å². The zero-order valence-electron chi connectivity index (χ0n) is 10.7. The molecule has 1 heterocycles. The number of benzene rings is 1. The van der Waals surface area contributed by atoms with Crippen LogP contribution in [0.4, 0.5) is 4.39 Å². The van der Waals surface area contributed by atoms with Gasteiger partial charge in [-0.15, -0.1) is 5.10 Å². The summed E-state index contributed by atoms with van der Waals surface area (Å²) in [6, 6.07) is 4.98. The van der Waals surface area contributed by atoms with E-state index in [1.165, 1.54) is 29.6 Å². The number of nitrogens with zero attached hydrogens (tertiary/aromatic N) is 2. The number of ketones is 1. The first-order chi connectivity index (χ1) is 9.56. The fourth-order valence-corrected chi connectivity index (χ4v) is 2.08. The van der Waals surface area contributed by atoms with Crippen molar-refractivity contribution in [2.45, 2.75) is 19.4 Å². The Labute approximate surface area is 119 Å². The van der Waals surface area contributed by atoms with E-state index in [-0.39, 0.29) is 35.7 Å². The molecule has 20 heavy (non-hydrogen) atoms. The second kappa shape index (κ2) is 6.33.